The maximum absolute atomic E-state index is 12.7. The van der Waals surface area contributed by atoms with Crippen molar-refractivity contribution in [3.05, 3.63) is 35.4 Å². The van der Waals surface area contributed by atoms with Crippen LogP contribution in [-0.2, 0) is 6.42 Å². The molecule has 1 atom stereocenters. The van der Waals surface area contributed by atoms with E-state index in [0.717, 1.165) is 12.0 Å². The highest BCUT2D eigenvalue weighted by molar-refractivity contribution is 6.01. The summed E-state index contributed by atoms with van der Waals surface area (Å²) in [4.78, 5) is 11.2. The number of carbonyl (C=O) groups excluding carboxylic acids is 1. The first-order valence-corrected chi connectivity index (χ1v) is 4.36. The number of benzene rings is 1. The van der Waals surface area contributed by atoms with E-state index in [2.05, 4.69) is 0 Å². The summed E-state index contributed by atoms with van der Waals surface area (Å²) in [5.74, 6) is -0.768. The molecule has 2 nitrogen and oxygen atoms in total. The van der Waals surface area contributed by atoms with Crippen LogP contribution >= 0.6 is 0 Å². The van der Waals surface area contributed by atoms with Gasteiger partial charge in [0, 0.05) is 5.56 Å². The number of aryl methyl sites for hydroxylation is 1. The van der Waals surface area contributed by atoms with Gasteiger partial charge in [0.1, 0.15) is 6.07 Å². The number of hydrogen-bond donors (Lipinski definition) is 0. The lowest BCUT2D eigenvalue weighted by molar-refractivity contribution is 0.0918. The first-order valence-electron chi connectivity index (χ1n) is 4.36. The van der Waals surface area contributed by atoms with E-state index in [4.69, 9.17) is 5.26 Å². The molecule has 0 heterocycles. The van der Waals surface area contributed by atoms with Gasteiger partial charge in [0.15, 0.2) is 0 Å². The highest BCUT2D eigenvalue weighted by Crippen LogP contribution is 2.08. The summed E-state index contributed by atoms with van der Waals surface area (Å²) in [6, 6.07) is 7.89. The summed E-state index contributed by atoms with van der Waals surface area (Å²) >= 11 is 0. The highest BCUT2D eigenvalue weighted by atomic mass is 19.1. The van der Waals surface area contributed by atoms with Crippen molar-refractivity contribution in [2.45, 2.75) is 19.5 Å². The molecule has 1 aromatic rings. The van der Waals surface area contributed by atoms with Gasteiger partial charge in [0.2, 0.25) is 12.0 Å². The molecule has 0 amide bonds. The number of hydrogen-bond acceptors (Lipinski definition) is 2. The Hall–Kier alpha value is -1.69. The van der Waals surface area contributed by atoms with Crippen LogP contribution in [0.15, 0.2) is 24.3 Å². The van der Waals surface area contributed by atoms with Gasteiger partial charge in [0.25, 0.3) is 0 Å². The maximum Gasteiger partial charge on any atom is 0.248 e. The van der Waals surface area contributed by atoms with Gasteiger partial charge in [0.05, 0.1) is 0 Å². The van der Waals surface area contributed by atoms with E-state index in [1.165, 1.54) is 6.07 Å². The molecule has 0 bridgehead atoms. The fraction of sp³-hybridized carbons (Fsp3) is 0.273. The molecule has 0 saturated carbocycles. The fourth-order valence-electron chi connectivity index (χ4n) is 1.11. The fourth-order valence-corrected chi connectivity index (χ4v) is 1.11. The van der Waals surface area contributed by atoms with Crippen LogP contribution in [-0.4, -0.2) is 12.0 Å². The van der Waals surface area contributed by atoms with Crippen LogP contribution in [0.25, 0.3) is 0 Å². The Morgan fingerprint density at radius 2 is 2.07 bits per heavy atom. The molecule has 14 heavy (non-hydrogen) atoms. The monoisotopic (exact) mass is 191 g/mol. The third-order valence-corrected chi connectivity index (χ3v) is 1.99. The van der Waals surface area contributed by atoms with Crippen LogP contribution in [0.2, 0.25) is 0 Å². The SMILES string of the molecule is CCc1ccc(C(=O)C(F)C#N)cc1. The van der Waals surface area contributed by atoms with Gasteiger partial charge in [-0.15, -0.1) is 0 Å². The molecule has 0 radical (unpaired) electrons. The zero-order valence-corrected chi connectivity index (χ0v) is 7.83. The zero-order valence-electron chi connectivity index (χ0n) is 7.83. The summed E-state index contributed by atoms with van der Waals surface area (Å²) in [6.45, 7) is 1.99. The van der Waals surface area contributed by atoms with Gasteiger partial charge in [-0.3, -0.25) is 4.79 Å². The Balaban J connectivity index is 2.88. The first kappa shape index (κ1) is 10.4. The molecule has 0 N–H and O–H groups in total. The second-order valence-corrected chi connectivity index (χ2v) is 2.91. The van der Waals surface area contributed by atoms with Crippen LogP contribution in [0, 0.1) is 11.3 Å². The molecule has 1 rings (SSSR count). The minimum absolute atomic E-state index is 0.247. The number of halogens is 1. The van der Waals surface area contributed by atoms with Crippen molar-refractivity contribution in [3.63, 3.8) is 0 Å². The Kier molecular flexibility index (Phi) is 3.35. The average molecular weight is 191 g/mol. The smallest absolute Gasteiger partial charge is 0.248 e. The minimum atomic E-state index is -2.05. The van der Waals surface area contributed by atoms with Gasteiger partial charge in [-0.25, -0.2) is 4.39 Å². The van der Waals surface area contributed by atoms with Crippen LogP contribution in [0.3, 0.4) is 0 Å². The van der Waals surface area contributed by atoms with Gasteiger partial charge < -0.3 is 0 Å². The Bertz CT molecular complexity index is 364. The summed E-state index contributed by atoms with van der Waals surface area (Å²) in [6.07, 6.45) is -1.19. The molecule has 3 heteroatoms. The van der Waals surface area contributed by atoms with E-state index < -0.39 is 12.0 Å². The molecule has 0 aliphatic rings. The number of rotatable bonds is 3. The predicted molar refractivity (Wildman–Crippen MR) is 50.7 cm³/mol. The van der Waals surface area contributed by atoms with Crippen molar-refractivity contribution in [1.29, 1.82) is 5.26 Å². The molecule has 72 valence electrons. The Morgan fingerprint density at radius 3 is 2.50 bits per heavy atom. The van der Waals surface area contributed by atoms with Crippen LogP contribution < -0.4 is 0 Å². The predicted octanol–water partition coefficient (Wildman–Crippen LogP) is 2.29. The van der Waals surface area contributed by atoms with Gasteiger partial charge in [-0.05, 0) is 12.0 Å². The lowest BCUT2D eigenvalue weighted by Gasteiger charge is -2.00. The van der Waals surface area contributed by atoms with Crippen molar-refractivity contribution in [2.24, 2.45) is 0 Å². The van der Waals surface area contributed by atoms with Crippen molar-refractivity contribution in [3.8, 4) is 6.07 Å². The average Bonchev–Trinajstić information content (AvgIpc) is 2.27. The molecule has 1 unspecified atom stereocenters. The normalized spacial score (nSPS) is 11.8. The molecule has 0 spiro atoms. The number of alkyl halides is 1. The second-order valence-electron chi connectivity index (χ2n) is 2.91. The van der Waals surface area contributed by atoms with E-state index >= 15 is 0 Å². The summed E-state index contributed by atoms with van der Waals surface area (Å²) < 4.78 is 12.7. The van der Waals surface area contributed by atoms with Crippen molar-refractivity contribution in [2.75, 3.05) is 0 Å². The molecule has 0 fully saturated rings. The third-order valence-electron chi connectivity index (χ3n) is 1.99. The second kappa shape index (κ2) is 4.52. The summed E-state index contributed by atoms with van der Waals surface area (Å²) in [7, 11) is 0. The van der Waals surface area contributed by atoms with E-state index in [1.807, 2.05) is 6.92 Å². The third kappa shape index (κ3) is 2.17. The molecular formula is C11H10FNO. The van der Waals surface area contributed by atoms with Gasteiger partial charge >= 0.3 is 0 Å². The topological polar surface area (TPSA) is 40.9 Å². The first-order chi connectivity index (χ1) is 6.69. The van der Waals surface area contributed by atoms with E-state index in [-0.39, 0.29) is 5.56 Å². The molecule has 0 aromatic heterocycles. The van der Waals surface area contributed by atoms with Crippen molar-refractivity contribution < 1.29 is 9.18 Å². The lowest BCUT2D eigenvalue weighted by atomic mass is 10.0. The van der Waals surface area contributed by atoms with Gasteiger partial charge in [-0.2, -0.15) is 5.26 Å². The van der Waals surface area contributed by atoms with Gasteiger partial charge in [-0.1, -0.05) is 31.2 Å². The van der Waals surface area contributed by atoms with E-state index in [1.54, 1.807) is 24.3 Å². The standard InChI is InChI=1S/C11H10FNO/c1-2-8-3-5-9(6-4-8)11(14)10(12)7-13/h3-6,10H,2H2,1H3. The quantitative estimate of drug-likeness (QED) is 0.688. The molecule has 1 aromatic carbocycles. The zero-order chi connectivity index (χ0) is 10.6. The Morgan fingerprint density at radius 1 is 1.50 bits per heavy atom. The molecule has 0 saturated heterocycles. The number of ketones is 1. The molecule has 0 aliphatic carbocycles. The number of carbonyl (C=O) groups is 1. The van der Waals surface area contributed by atoms with Crippen LogP contribution in [0.5, 0.6) is 0 Å². The van der Waals surface area contributed by atoms with Crippen molar-refractivity contribution >= 4 is 5.78 Å². The summed E-state index contributed by atoms with van der Waals surface area (Å²) in [5.41, 5.74) is 1.32. The number of Topliss-reactive ketones (excluding diaryl/α,β-unsaturated/α-hetero) is 1. The van der Waals surface area contributed by atoms with E-state index in [0.29, 0.717) is 0 Å². The Labute approximate surface area is 82.0 Å². The lowest BCUT2D eigenvalue weighted by Crippen LogP contribution is -2.13. The highest BCUT2D eigenvalue weighted by Gasteiger charge is 2.17. The minimum Gasteiger partial charge on any atom is -0.290 e. The number of nitriles is 1. The molecule has 0 aliphatic heterocycles. The largest absolute Gasteiger partial charge is 0.290 e. The van der Waals surface area contributed by atoms with Crippen LogP contribution in [0.4, 0.5) is 4.39 Å². The number of nitrogens with zero attached hydrogens (tertiary/aromatic N) is 1. The van der Waals surface area contributed by atoms with E-state index in [9.17, 15) is 9.18 Å². The van der Waals surface area contributed by atoms with Crippen molar-refractivity contribution in [1.82, 2.24) is 0 Å². The maximum atomic E-state index is 12.7. The van der Waals surface area contributed by atoms with Crippen LogP contribution in [0.1, 0.15) is 22.8 Å². The summed E-state index contributed by atoms with van der Waals surface area (Å²) in [5, 5.41) is 8.22. The molecular weight excluding hydrogens is 181 g/mol.